The van der Waals surface area contributed by atoms with Crippen LogP contribution in [0, 0.1) is 0 Å². The van der Waals surface area contributed by atoms with Crippen LogP contribution >= 0.6 is 0 Å². The molecule has 1 unspecified atom stereocenters. The lowest BCUT2D eigenvalue weighted by Gasteiger charge is -2.37. The van der Waals surface area contributed by atoms with Crippen molar-refractivity contribution in [3.05, 3.63) is 65.2 Å². The molecule has 2 amide bonds. The minimum absolute atomic E-state index is 0.167. The lowest BCUT2D eigenvalue weighted by atomic mass is 9.92. The second-order valence-electron chi connectivity index (χ2n) is 11.3. The van der Waals surface area contributed by atoms with Crippen molar-refractivity contribution in [3.63, 3.8) is 0 Å². The monoisotopic (exact) mass is 567 g/mol. The summed E-state index contributed by atoms with van der Waals surface area (Å²) in [6.07, 6.45) is -0.241. The van der Waals surface area contributed by atoms with Crippen molar-refractivity contribution in [2.45, 2.75) is 85.2 Å². The van der Waals surface area contributed by atoms with Crippen molar-refractivity contribution in [2.75, 3.05) is 26.2 Å². The Bertz CT molecular complexity index is 1170. The van der Waals surface area contributed by atoms with Gasteiger partial charge < -0.3 is 19.5 Å². The van der Waals surface area contributed by atoms with E-state index < -0.39 is 23.7 Å². The van der Waals surface area contributed by atoms with Gasteiger partial charge in [0, 0.05) is 31.7 Å². The van der Waals surface area contributed by atoms with Crippen LogP contribution in [0.5, 0.6) is 5.75 Å². The number of ether oxygens (including phenoxy) is 3. The third-order valence-corrected chi connectivity index (χ3v) is 7.18. The molecule has 1 atom stereocenters. The van der Waals surface area contributed by atoms with Crippen LogP contribution in [0.15, 0.2) is 48.5 Å². The first kappa shape index (κ1) is 31.9. The van der Waals surface area contributed by atoms with E-state index >= 15 is 0 Å². The molecule has 1 aliphatic rings. The fourth-order valence-corrected chi connectivity index (χ4v) is 5.05. The first-order valence-corrected chi connectivity index (χ1v) is 14.4. The Hall–Kier alpha value is -3.59. The van der Waals surface area contributed by atoms with Crippen molar-refractivity contribution in [3.8, 4) is 5.75 Å². The van der Waals surface area contributed by atoms with E-state index in [2.05, 4.69) is 37.9 Å². The van der Waals surface area contributed by atoms with Crippen LogP contribution in [0.1, 0.15) is 71.2 Å². The van der Waals surface area contributed by atoms with Crippen molar-refractivity contribution in [2.24, 2.45) is 0 Å². The summed E-state index contributed by atoms with van der Waals surface area (Å²) in [7, 11) is 0. The smallest absolute Gasteiger partial charge is 0.411 e. The molecule has 1 N–H and O–H groups in total. The van der Waals surface area contributed by atoms with Gasteiger partial charge in [-0.15, -0.1) is 0 Å². The number of hydrogen-bond acceptors (Lipinski definition) is 7. The highest BCUT2D eigenvalue weighted by Crippen LogP contribution is 2.34. The number of carbonyl (C=O) groups excluding carboxylic acids is 3. The molecule has 0 aromatic heterocycles. The van der Waals surface area contributed by atoms with Gasteiger partial charge in [0.1, 0.15) is 18.4 Å². The number of carbonyl (C=O) groups is 3. The highest BCUT2D eigenvalue weighted by Gasteiger charge is 2.41. The molecule has 2 aromatic carbocycles. The van der Waals surface area contributed by atoms with Crippen molar-refractivity contribution >= 4 is 18.0 Å². The molecule has 9 nitrogen and oxygen atoms in total. The fourth-order valence-electron chi connectivity index (χ4n) is 5.05. The van der Waals surface area contributed by atoms with Crippen molar-refractivity contribution in [1.82, 2.24) is 15.1 Å². The average molecular weight is 568 g/mol. The molecule has 0 spiro atoms. The van der Waals surface area contributed by atoms with Crippen LogP contribution in [0.4, 0.5) is 4.79 Å². The van der Waals surface area contributed by atoms with E-state index in [0.717, 1.165) is 11.1 Å². The molecule has 9 heteroatoms. The second kappa shape index (κ2) is 14.3. The highest BCUT2D eigenvalue weighted by atomic mass is 16.6. The normalized spacial score (nSPS) is 15.1. The molecule has 0 aliphatic carbocycles. The van der Waals surface area contributed by atoms with E-state index in [9.17, 15) is 14.4 Å². The maximum Gasteiger partial charge on any atom is 0.411 e. The van der Waals surface area contributed by atoms with Crippen LogP contribution in [0.25, 0.3) is 0 Å². The largest absolute Gasteiger partial charge is 0.489 e. The summed E-state index contributed by atoms with van der Waals surface area (Å²) < 4.78 is 16.7. The van der Waals surface area contributed by atoms with E-state index in [1.165, 1.54) is 18.7 Å². The van der Waals surface area contributed by atoms with Gasteiger partial charge in [-0.3, -0.25) is 14.6 Å². The predicted molar refractivity (Wildman–Crippen MR) is 158 cm³/mol. The second-order valence-corrected chi connectivity index (χ2v) is 11.3. The summed E-state index contributed by atoms with van der Waals surface area (Å²) in [5.74, 6) is -0.257. The number of esters is 1. The third-order valence-electron chi connectivity index (χ3n) is 7.18. The summed E-state index contributed by atoms with van der Waals surface area (Å²) in [6.45, 7) is 15.1. The first-order chi connectivity index (χ1) is 19.4. The zero-order chi connectivity index (χ0) is 30.2. The molecule has 41 heavy (non-hydrogen) atoms. The number of rotatable bonds is 12. The SMILES string of the molecule is CCOC(=O)C(C)(C)OC(=O)N1CCc2cc(OCc3ccccc3)ccc2C1C(=O)NCCN(C(C)C)C(C)C. The van der Waals surface area contributed by atoms with Crippen LogP contribution in [-0.4, -0.2) is 71.7 Å². The van der Waals surface area contributed by atoms with Crippen molar-refractivity contribution in [1.29, 1.82) is 0 Å². The van der Waals surface area contributed by atoms with E-state index in [1.54, 1.807) is 6.92 Å². The molecule has 0 saturated heterocycles. The maximum absolute atomic E-state index is 13.7. The Morgan fingerprint density at radius 3 is 2.37 bits per heavy atom. The number of nitrogens with zero attached hydrogens (tertiary/aromatic N) is 2. The van der Waals surface area contributed by atoms with Gasteiger partial charge in [-0.1, -0.05) is 36.4 Å². The molecule has 1 heterocycles. The van der Waals surface area contributed by atoms with E-state index in [1.807, 2.05) is 48.5 Å². The molecule has 3 rings (SSSR count). The van der Waals surface area contributed by atoms with Crippen LogP contribution in [-0.2, 0) is 32.1 Å². The Balaban J connectivity index is 1.83. The molecule has 224 valence electrons. The zero-order valence-corrected chi connectivity index (χ0v) is 25.4. The Labute approximate surface area is 244 Å². The molecular weight excluding hydrogens is 522 g/mol. The van der Waals surface area contributed by atoms with Gasteiger partial charge in [-0.2, -0.15) is 0 Å². The topological polar surface area (TPSA) is 97.4 Å². The van der Waals surface area contributed by atoms with Crippen molar-refractivity contribution < 1.29 is 28.6 Å². The first-order valence-electron chi connectivity index (χ1n) is 14.4. The summed E-state index contributed by atoms with van der Waals surface area (Å²) >= 11 is 0. The van der Waals surface area contributed by atoms with Gasteiger partial charge in [0.15, 0.2) is 0 Å². The Morgan fingerprint density at radius 2 is 1.73 bits per heavy atom. The molecular formula is C32H45N3O6. The molecule has 2 aromatic rings. The lowest BCUT2D eigenvalue weighted by Crippen LogP contribution is -2.51. The molecule has 0 bridgehead atoms. The number of nitrogens with one attached hydrogen (secondary N) is 1. The summed E-state index contributed by atoms with van der Waals surface area (Å²) in [5.41, 5.74) is 1.18. The maximum atomic E-state index is 13.7. The van der Waals surface area contributed by atoms with E-state index in [4.69, 9.17) is 14.2 Å². The number of benzene rings is 2. The van der Waals surface area contributed by atoms with Gasteiger partial charge in [0.05, 0.1) is 6.61 Å². The van der Waals surface area contributed by atoms with Gasteiger partial charge >= 0.3 is 12.1 Å². The summed E-state index contributed by atoms with van der Waals surface area (Å²) in [4.78, 5) is 43.2. The average Bonchev–Trinajstić information content (AvgIpc) is 2.93. The zero-order valence-electron chi connectivity index (χ0n) is 25.4. The highest BCUT2D eigenvalue weighted by molar-refractivity contribution is 5.89. The quantitative estimate of drug-likeness (QED) is 0.365. The van der Waals surface area contributed by atoms with E-state index in [-0.39, 0.29) is 19.1 Å². The van der Waals surface area contributed by atoms with Gasteiger partial charge in [-0.05, 0) is 83.7 Å². The summed E-state index contributed by atoms with van der Waals surface area (Å²) in [6, 6.07) is 15.2. The number of hydrogen-bond donors (Lipinski definition) is 1. The Morgan fingerprint density at radius 1 is 1.05 bits per heavy atom. The molecule has 0 saturated carbocycles. The third kappa shape index (κ3) is 8.45. The Kier molecular flexibility index (Phi) is 11.2. The van der Waals surface area contributed by atoms with Crippen LogP contribution < -0.4 is 10.1 Å². The molecule has 1 aliphatic heterocycles. The van der Waals surface area contributed by atoms with Crippen LogP contribution in [0.3, 0.4) is 0 Å². The molecule has 0 fully saturated rings. The minimum Gasteiger partial charge on any atom is -0.489 e. The van der Waals surface area contributed by atoms with Gasteiger partial charge in [0.2, 0.25) is 11.5 Å². The predicted octanol–water partition coefficient (Wildman–Crippen LogP) is 4.88. The van der Waals surface area contributed by atoms with Crippen LogP contribution in [0.2, 0.25) is 0 Å². The van der Waals surface area contributed by atoms with Gasteiger partial charge in [-0.25, -0.2) is 9.59 Å². The minimum atomic E-state index is -1.50. The number of amides is 2. The lowest BCUT2D eigenvalue weighted by molar-refractivity contribution is -0.162. The summed E-state index contributed by atoms with van der Waals surface area (Å²) in [5, 5.41) is 3.03. The number of fused-ring (bicyclic) bond motifs is 1. The standard InChI is InChI=1S/C32H45N3O6/c1-8-39-30(37)32(6,7)41-31(38)35-18-16-25-20-26(40-21-24-12-10-9-11-13-24)14-15-27(25)28(35)29(36)33-17-19-34(22(2)3)23(4)5/h9-15,20,22-23,28H,8,16-19,21H2,1-7H3,(H,33,36). The van der Waals surface area contributed by atoms with Gasteiger partial charge in [0.25, 0.3) is 0 Å². The van der Waals surface area contributed by atoms with E-state index in [0.29, 0.717) is 49.5 Å². The fraction of sp³-hybridized carbons (Fsp3) is 0.531. The molecule has 0 radical (unpaired) electrons.